The standard InChI is InChI=1S/C10H9BrF4O/c1-2-3-16-8-5-6(11)4-7(9(8)12)10(13,14)15/h4-5H,2-3H2,1H3. The number of rotatable bonds is 3. The molecule has 6 heteroatoms. The molecule has 0 aromatic heterocycles. The summed E-state index contributed by atoms with van der Waals surface area (Å²) >= 11 is 2.88. The average molecular weight is 301 g/mol. The van der Waals surface area contributed by atoms with Crippen LogP contribution in [0.25, 0.3) is 0 Å². The van der Waals surface area contributed by atoms with Gasteiger partial charge in [-0.15, -0.1) is 0 Å². The zero-order chi connectivity index (χ0) is 12.3. The zero-order valence-electron chi connectivity index (χ0n) is 8.37. The number of hydrogen-bond acceptors (Lipinski definition) is 1. The summed E-state index contributed by atoms with van der Waals surface area (Å²) in [5.74, 6) is -1.76. The van der Waals surface area contributed by atoms with Crippen molar-refractivity contribution in [3.05, 3.63) is 28.0 Å². The van der Waals surface area contributed by atoms with Crippen molar-refractivity contribution in [2.24, 2.45) is 0 Å². The van der Waals surface area contributed by atoms with E-state index >= 15 is 0 Å². The molecule has 0 unspecified atom stereocenters. The monoisotopic (exact) mass is 300 g/mol. The molecule has 1 nitrogen and oxygen atoms in total. The average Bonchev–Trinajstić information content (AvgIpc) is 2.17. The van der Waals surface area contributed by atoms with Crippen molar-refractivity contribution < 1.29 is 22.3 Å². The van der Waals surface area contributed by atoms with Crippen LogP contribution in [-0.2, 0) is 6.18 Å². The topological polar surface area (TPSA) is 9.23 Å². The van der Waals surface area contributed by atoms with Crippen molar-refractivity contribution in [3.63, 3.8) is 0 Å². The van der Waals surface area contributed by atoms with E-state index in [1.807, 2.05) is 0 Å². The van der Waals surface area contributed by atoms with Crippen molar-refractivity contribution in [1.82, 2.24) is 0 Å². The van der Waals surface area contributed by atoms with Crippen LogP contribution in [0.3, 0.4) is 0 Å². The maximum Gasteiger partial charge on any atom is 0.419 e. The van der Waals surface area contributed by atoms with Crippen LogP contribution in [0.4, 0.5) is 17.6 Å². The van der Waals surface area contributed by atoms with Crippen LogP contribution in [0.15, 0.2) is 16.6 Å². The molecule has 0 atom stereocenters. The molecule has 1 aromatic rings. The van der Waals surface area contributed by atoms with Crippen LogP contribution in [0, 0.1) is 5.82 Å². The molecule has 1 rings (SSSR count). The fourth-order valence-corrected chi connectivity index (χ4v) is 1.52. The lowest BCUT2D eigenvalue weighted by molar-refractivity contribution is -0.140. The van der Waals surface area contributed by atoms with Crippen molar-refractivity contribution in [2.75, 3.05) is 6.61 Å². The van der Waals surface area contributed by atoms with Gasteiger partial charge in [0.1, 0.15) is 0 Å². The summed E-state index contributed by atoms with van der Waals surface area (Å²) in [6.07, 6.45) is -4.13. The van der Waals surface area contributed by atoms with Gasteiger partial charge >= 0.3 is 6.18 Å². The fourth-order valence-electron chi connectivity index (χ4n) is 1.09. The Morgan fingerprint density at radius 3 is 2.44 bits per heavy atom. The van der Waals surface area contributed by atoms with Crippen molar-refractivity contribution in [1.29, 1.82) is 0 Å². The van der Waals surface area contributed by atoms with E-state index in [4.69, 9.17) is 4.74 Å². The smallest absolute Gasteiger partial charge is 0.419 e. The molecule has 0 amide bonds. The Labute approximate surface area is 98.5 Å². The highest BCUT2D eigenvalue weighted by atomic mass is 79.9. The Morgan fingerprint density at radius 2 is 1.94 bits per heavy atom. The lowest BCUT2D eigenvalue weighted by atomic mass is 10.2. The SMILES string of the molecule is CCCOc1cc(Br)cc(C(F)(F)F)c1F. The molecule has 0 spiro atoms. The van der Waals surface area contributed by atoms with Crippen LogP contribution in [0.2, 0.25) is 0 Å². The van der Waals surface area contributed by atoms with Gasteiger partial charge in [-0.25, -0.2) is 4.39 Å². The van der Waals surface area contributed by atoms with E-state index in [-0.39, 0.29) is 16.8 Å². The maximum atomic E-state index is 13.4. The molecular weight excluding hydrogens is 292 g/mol. The van der Waals surface area contributed by atoms with Gasteiger partial charge in [-0.3, -0.25) is 0 Å². The first-order chi connectivity index (χ1) is 7.36. The minimum atomic E-state index is -4.72. The quantitative estimate of drug-likeness (QED) is 0.752. The highest BCUT2D eigenvalue weighted by molar-refractivity contribution is 9.10. The van der Waals surface area contributed by atoms with Crippen LogP contribution < -0.4 is 4.74 Å². The van der Waals surface area contributed by atoms with Gasteiger partial charge in [0, 0.05) is 4.47 Å². The molecule has 0 aliphatic rings. The van der Waals surface area contributed by atoms with E-state index in [2.05, 4.69) is 15.9 Å². The molecule has 1 aromatic carbocycles. The molecule has 16 heavy (non-hydrogen) atoms. The molecule has 0 aliphatic heterocycles. The van der Waals surface area contributed by atoms with E-state index in [0.29, 0.717) is 12.5 Å². The molecule has 0 aliphatic carbocycles. The van der Waals surface area contributed by atoms with E-state index in [1.165, 1.54) is 6.07 Å². The Kier molecular flexibility index (Phi) is 4.18. The van der Waals surface area contributed by atoms with Crippen LogP contribution >= 0.6 is 15.9 Å². The van der Waals surface area contributed by atoms with Gasteiger partial charge in [0.15, 0.2) is 11.6 Å². The van der Waals surface area contributed by atoms with Crippen LogP contribution in [0.5, 0.6) is 5.75 Å². The van der Waals surface area contributed by atoms with Gasteiger partial charge in [-0.2, -0.15) is 13.2 Å². The summed E-state index contributed by atoms with van der Waals surface area (Å²) in [5, 5.41) is 0. The molecule has 0 radical (unpaired) electrons. The van der Waals surface area contributed by atoms with Gasteiger partial charge < -0.3 is 4.74 Å². The fraction of sp³-hybridized carbons (Fsp3) is 0.400. The van der Waals surface area contributed by atoms with Gasteiger partial charge in [0.25, 0.3) is 0 Å². The van der Waals surface area contributed by atoms with Crippen LogP contribution in [0.1, 0.15) is 18.9 Å². The molecule has 0 heterocycles. The summed E-state index contributed by atoms with van der Waals surface area (Å²) in [5.41, 5.74) is -1.33. The minimum Gasteiger partial charge on any atom is -0.490 e. The molecular formula is C10H9BrF4O. The predicted molar refractivity (Wildman–Crippen MR) is 54.9 cm³/mol. The molecule has 0 N–H and O–H groups in total. The second-order valence-corrected chi connectivity index (χ2v) is 4.03. The van der Waals surface area contributed by atoms with Crippen molar-refractivity contribution >= 4 is 15.9 Å². The normalized spacial score (nSPS) is 11.6. The first kappa shape index (κ1) is 13.3. The summed E-state index contributed by atoms with van der Waals surface area (Å²) in [4.78, 5) is 0. The molecule has 90 valence electrons. The Hall–Kier alpha value is -0.780. The van der Waals surface area contributed by atoms with E-state index in [1.54, 1.807) is 6.92 Å². The molecule has 0 fully saturated rings. The van der Waals surface area contributed by atoms with Gasteiger partial charge in [0.2, 0.25) is 0 Å². The zero-order valence-corrected chi connectivity index (χ0v) is 9.95. The van der Waals surface area contributed by atoms with E-state index in [9.17, 15) is 17.6 Å². The summed E-state index contributed by atoms with van der Waals surface area (Å²) in [6, 6.07) is 1.87. The third-order valence-electron chi connectivity index (χ3n) is 1.77. The first-order valence-corrected chi connectivity index (χ1v) is 5.34. The predicted octanol–water partition coefficient (Wildman–Crippen LogP) is 4.40. The number of hydrogen-bond donors (Lipinski definition) is 0. The third-order valence-corrected chi connectivity index (χ3v) is 2.23. The Bertz CT molecular complexity index is 376. The second-order valence-electron chi connectivity index (χ2n) is 3.11. The first-order valence-electron chi connectivity index (χ1n) is 4.55. The highest BCUT2D eigenvalue weighted by Crippen LogP contribution is 2.37. The summed E-state index contributed by atoms with van der Waals surface area (Å²) in [7, 11) is 0. The Morgan fingerprint density at radius 1 is 1.31 bits per heavy atom. The largest absolute Gasteiger partial charge is 0.490 e. The summed E-state index contributed by atoms with van der Waals surface area (Å²) in [6.45, 7) is 1.95. The van der Waals surface area contributed by atoms with Crippen LogP contribution in [-0.4, -0.2) is 6.61 Å². The van der Waals surface area contributed by atoms with Gasteiger partial charge in [-0.05, 0) is 18.6 Å². The second kappa shape index (κ2) is 5.03. The molecule has 0 saturated carbocycles. The number of benzene rings is 1. The molecule has 0 saturated heterocycles. The lowest BCUT2D eigenvalue weighted by Crippen LogP contribution is -2.10. The summed E-state index contributed by atoms with van der Waals surface area (Å²) < 4.78 is 55.7. The highest BCUT2D eigenvalue weighted by Gasteiger charge is 2.35. The number of alkyl halides is 3. The van der Waals surface area contributed by atoms with E-state index < -0.39 is 17.6 Å². The molecule has 0 bridgehead atoms. The van der Waals surface area contributed by atoms with Crippen molar-refractivity contribution in [2.45, 2.75) is 19.5 Å². The number of ether oxygens (including phenoxy) is 1. The number of halogens is 5. The van der Waals surface area contributed by atoms with Gasteiger partial charge in [-0.1, -0.05) is 22.9 Å². The van der Waals surface area contributed by atoms with Gasteiger partial charge in [0.05, 0.1) is 12.2 Å². The third kappa shape index (κ3) is 3.10. The maximum absolute atomic E-state index is 13.4. The van der Waals surface area contributed by atoms with E-state index in [0.717, 1.165) is 0 Å². The minimum absolute atomic E-state index is 0.132. The van der Waals surface area contributed by atoms with Crippen molar-refractivity contribution in [3.8, 4) is 5.75 Å². The lowest BCUT2D eigenvalue weighted by Gasteiger charge is -2.12. The Balaban J connectivity index is 3.16.